The molecular weight excluding hydrogens is 256 g/mol. The number of aliphatic hydroxyl groups excluding tert-OH is 1. The van der Waals surface area contributed by atoms with Crippen molar-refractivity contribution in [3.63, 3.8) is 0 Å². The van der Waals surface area contributed by atoms with E-state index in [0.717, 1.165) is 43.8 Å². The Bertz CT molecular complexity index is 440. The Morgan fingerprint density at radius 1 is 1.30 bits per heavy atom. The molecule has 0 amide bonds. The molecule has 0 radical (unpaired) electrons. The first-order valence-corrected chi connectivity index (χ1v) is 7.38. The largest absolute Gasteiger partial charge is 0.490 e. The van der Waals surface area contributed by atoms with E-state index >= 15 is 0 Å². The second-order valence-corrected chi connectivity index (χ2v) is 5.65. The van der Waals surface area contributed by atoms with Crippen LogP contribution in [-0.2, 0) is 15.9 Å². The molecule has 1 aromatic carbocycles. The maximum atomic E-state index is 9.13. The quantitative estimate of drug-likeness (QED) is 0.914. The summed E-state index contributed by atoms with van der Waals surface area (Å²) >= 11 is 0. The van der Waals surface area contributed by atoms with Crippen LogP contribution in [0.3, 0.4) is 0 Å². The third kappa shape index (κ3) is 2.97. The molecule has 0 aromatic heterocycles. The lowest BCUT2D eigenvalue weighted by Gasteiger charge is -2.37. The van der Waals surface area contributed by atoms with Gasteiger partial charge in [0.15, 0.2) is 0 Å². The molecule has 2 aliphatic heterocycles. The third-order valence-corrected chi connectivity index (χ3v) is 4.16. The highest BCUT2D eigenvalue weighted by Crippen LogP contribution is 2.35. The molecule has 0 bridgehead atoms. The second kappa shape index (κ2) is 6.12. The molecule has 110 valence electrons. The Labute approximate surface area is 119 Å². The van der Waals surface area contributed by atoms with Crippen LogP contribution in [0.1, 0.15) is 24.8 Å². The molecule has 1 spiro atoms. The maximum absolute atomic E-state index is 9.13. The van der Waals surface area contributed by atoms with Crippen molar-refractivity contribution in [1.29, 1.82) is 0 Å². The first kappa shape index (κ1) is 13.9. The molecule has 2 unspecified atom stereocenters. The summed E-state index contributed by atoms with van der Waals surface area (Å²) in [6.07, 6.45) is 3.57. The van der Waals surface area contributed by atoms with E-state index in [9.17, 15) is 0 Å². The van der Waals surface area contributed by atoms with Gasteiger partial charge in [-0.15, -0.1) is 0 Å². The summed E-state index contributed by atoms with van der Waals surface area (Å²) in [7, 11) is 0. The lowest BCUT2D eigenvalue weighted by molar-refractivity contribution is -0.112. The number of hydrogen-bond donors (Lipinski definition) is 1. The van der Waals surface area contributed by atoms with Crippen molar-refractivity contribution < 1.29 is 19.3 Å². The number of benzene rings is 1. The first-order valence-electron chi connectivity index (χ1n) is 7.38. The Kier molecular flexibility index (Phi) is 4.24. The summed E-state index contributed by atoms with van der Waals surface area (Å²) in [4.78, 5) is 0. The van der Waals surface area contributed by atoms with Crippen LogP contribution in [0.5, 0.6) is 5.75 Å². The van der Waals surface area contributed by atoms with Gasteiger partial charge in [0.25, 0.3) is 0 Å². The lowest BCUT2D eigenvalue weighted by Crippen LogP contribution is -2.44. The minimum Gasteiger partial charge on any atom is -0.490 e. The fourth-order valence-corrected chi connectivity index (χ4v) is 3.07. The molecule has 2 aliphatic rings. The zero-order valence-corrected chi connectivity index (χ0v) is 11.7. The van der Waals surface area contributed by atoms with Crippen LogP contribution in [0.15, 0.2) is 24.3 Å². The highest BCUT2D eigenvalue weighted by atomic mass is 16.6. The van der Waals surface area contributed by atoms with Crippen molar-refractivity contribution in [3.8, 4) is 5.75 Å². The number of ether oxygens (including phenoxy) is 3. The van der Waals surface area contributed by atoms with Gasteiger partial charge in [-0.3, -0.25) is 0 Å². The number of para-hydroxylation sites is 1. The summed E-state index contributed by atoms with van der Waals surface area (Å²) in [6, 6.07) is 7.95. The highest BCUT2D eigenvalue weighted by Gasteiger charge is 2.41. The van der Waals surface area contributed by atoms with Crippen LogP contribution in [0, 0.1) is 0 Å². The van der Waals surface area contributed by atoms with E-state index < -0.39 is 0 Å². The summed E-state index contributed by atoms with van der Waals surface area (Å²) in [5, 5.41) is 9.13. The Hall–Kier alpha value is -1.10. The predicted molar refractivity (Wildman–Crippen MR) is 75.0 cm³/mol. The monoisotopic (exact) mass is 278 g/mol. The Morgan fingerprint density at radius 3 is 3.00 bits per heavy atom. The molecule has 4 heteroatoms. The predicted octanol–water partition coefficient (Wildman–Crippen LogP) is 1.94. The van der Waals surface area contributed by atoms with E-state index in [1.807, 2.05) is 24.3 Å². The molecule has 0 saturated carbocycles. The zero-order valence-electron chi connectivity index (χ0n) is 11.7. The van der Waals surface area contributed by atoms with E-state index in [-0.39, 0.29) is 18.3 Å². The minimum absolute atomic E-state index is 0.130. The van der Waals surface area contributed by atoms with E-state index in [1.165, 1.54) is 0 Å². The fraction of sp³-hybridized carbons (Fsp3) is 0.625. The van der Waals surface area contributed by atoms with Crippen molar-refractivity contribution in [2.75, 3.05) is 26.4 Å². The van der Waals surface area contributed by atoms with Crippen LogP contribution in [0.25, 0.3) is 0 Å². The standard InChI is InChI=1S/C16H22O4/c17-8-5-13-3-1-2-4-15(13)20-14-6-9-19-16(11-14)7-10-18-12-16/h1-4,14,17H,5-12H2. The average molecular weight is 278 g/mol. The summed E-state index contributed by atoms with van der Waals surface area (Å²) < 4.78 is 17.6. The minimum atomic E-state index is -0.130. The smallest absolute Gasteiger partial charge is 0.122 e. The Morgan fingerprint density at radius 2 is 2.20 bits per heavy atom. The molecule has 3 rings (SSSR count). The number of hydrogen-bond acceptors (Lipinski definition) is 4. The van der Waals surface area contributed by atoms with Crippen LogP contribution >= 0.6 is 0 Å². The maximum Gasteiger partial charge on any atom is 0.122 e. The summed E-state index contributed by atoms with van der Waals surface area (Å²) in [5.74, 6) is 0.891. The molecule has 0 aliphatic carbocycles. The first-order chi connectivity index (χ1) is 9.81. The van der Waals surface area contributed by atoms with Gasteiger partial charge in [-0.2, -0.15) is 0 Å². The van der Waals surface area contributed by atoms with Crippen LogP contribution in [0.4, 0.5) is 0 Å². The van der Waals surface area contributed by atoms with Crippen LogP contribution in [-0.4, -0.2) is 43.2 Å². The highest BCUT2D eigenvalue weighted by molar-refractivity contribution is 5.33. The van der Waals surface area contributed by atoms with Crippen LogP contribution < -0.4 is 4.74 Å². The van der Waals surface area contributed by atoms with Gasteiger partial charge in [0.2, 0.25) is 0 Å². The molecule has 2 saturated heterocycles. The van der Waals surface area contributed by atoms with Crippen molar-refractivity contribution in [3.05, 3.63) is 29.8 Å². The van der Waals surface area contributed by atoms with E-state index in [1.54, 1.807) is 0 Å². The molecule has 2 heterocycles. The van der Waals surface area contributed by atoms with Gasteiger partial charge in [0, 0.05) is 32.5 Å². The van der Waals surface area contributed by atoms with Crippen molar-refractivity contribution in [2.24, 2.45) is 0 Å². The molecule has 1 aromatic rings. The molecule has 1 N–H and O–H groups in total. The van der Waals surface area contributed by atoms with Gasteiger partial charge in [0.05, 0.1) is 18.8 Å². The van der Waals surface area contributed by atoms with Gasteiger partial charge < -0.3 is 19.3 Å². The second-order valence-electron chi connectivity index (χ2n) is 5.65. The zero-order chi connectivity index (χ0) is 13.8. The van der Waals surface area contributed by atoms with Gasteiger partial charge in [0.1, 0.15) is 11.9 Å². The molecule has 20 heavy (non-hydrogen) atoms. The van der Waals surface area contributed by atoms with Crippen molar-refractivity contribution in [2.45, 2.75) is 37.4 Å². The molecule has 2 fully saturated rings. The van der Waals surface area contributed by atoms with E-state index in [2.05, 4.69) is 0 Å². The van der Waals surface area contributed by atoms with Crippen molar-refractivity contribution >= 4 is 0 Å². The molecule has 2 atom stereocenters. The van der Waals surface area contributed by atoms with Crippen LogP contribution in [0.2, 0.25) is 0 Å². The topological polar surface area (TPSA) is 47.9 Å². The molecular formula is C16H22O4. The van der Waals surface area contributed by atoms with Crippen molar-refractivity contribution in [1.82, 2.24) is 0 Å². The number of rotatable bonds is 4. The van der Waals surface area contributed by atoms with Gasteiger partial charge >= 0.3 is 0 Å². The van der Waals surface area contributed by atoms with Gasteiger partial charge in [-0.25, -0.2) is 0 Å². The number of aliphatic hydroxyl groups is 1. The molecule has 4 nitrogen and oxygen atoms in total. The third-order valence-electron chi connectivity index (χ3n) is 4.16. The van der Waals surface area contributed by atoms with E-state index in [4.69, 9.17) is 19.3 Å². The lowest BCUT2D eigenvalue weighted by atomic mass is 9.91. The van der Waals surface area contributed by atoms with E-state index in [0.29, 0.717) is 13.0 Å². The Balaban J connectivity index is 1.68. The average Bonchev–Trinajstić information content (AvgIpc) is 2.89. The normalized spacial score (nSPS) is 29.8. The SMILES string of the molecule is OCCc1ccccc1OC1CCOC2(CCOC2)C1. The van der Waals surface area contributed by atoms with Gasteiger partial charge in [-0.1, -0.05) is 18.2 Å². The summed E-state index contributed by atoms with van der Waals surface area (Å²) in [6.45, 7) is 2.35. The van der Waals surface area contributed by atoms with Gasteiger partial charge in [-0.05, 0) is 18.1 Å². The fourth-order valence-electron chi connectivity index (χ4n) is 3.07. The summed E-state index contributed by atoms with van der Waals surface area (Å²) in [5.41, 5.74) is 0.938.